The number of nitrogens with two attached hydrogens (primary N) is 1. The van der Waals surface area contributed by atoms with Gasteiger partial charge in [-0.15, -0.1) is 10.2 Å². The summed E-state index contributed by atoms with van der Waals surface area (Å²) in [4.78, 5) is 0. The summed E-state index contributed by atoms with van der Waals surface area (Å²) in [6, 6.07) is 1.97. The highest BCUT2D eigenvalue weighted by Gasteiger charge is 2.08. The molecule has 2 aromatic rings. The van der Waals surface area contributed by atoms with Crippen LogP contribution >= 0.6 is 11.3 Å². The van der Waals surface area contributed by atoms with Crippen molar-refractivity contribution in [2.45, 2.75) is 19.8 Å². The normalized spacial score (nSPS) is 10.8. The molecule has 2 heterocycles. The molecule has 2 rings (SSSR count). The number of rotatable bonds is 4. The molecular formula is C10H13N3OS. The fraction of sp³-hybridized carbons (Fsp3) is 0.400. The van der Waals surface area contributed by atoms with Crippen molar-refractivity contribution in [3.05, 3.63) is 23.1 Å². The van der Waals surface area contributed by atoms with Crippen LogP contribution in [0.1, 0.15) is 17.2 Å². The van der Waals surface area contributed by atoms with Gasteiger partial charge in [-0.1, -0.05) is 11.3 Å². The summed E-state index contributed by atoms with van der Waals surface area (Å²) < 4.78 is 5.23. The van der Waals surface area contributed by atoms with Gasteiger partial charge >= 0.3 is 0 Å². The highest BCUT2D eigenvalue weighted by molar-refractivity contribution is 7.14. The molecular weight excluding hydrogens is 210 g/mol. The molecule has 0 bridgehead atoms. The summed E-state index contributed by atoms with van der Waals surface area (Å²) in [5.74, 6) is 0.892. The van der Waals surface area contributed by atoms with Crippen LogP contribution in [0.4, 0.5) is 0 Å². The van der Waals surface area contributed by atoms with E-state index in [1.807, 2.05) is 13.0 Å². The van der Waals surface area contributed by atoms with Gasteiger partial charge in [0.2, 0.25) is 0 Å². The van der Waals surface area contributed by atoms with Gasteiger partial charge in [-0.3, -0.25) is 0 Å². The van der Waals surface area contributed by atoms with E-state index in [1.54, 1.807) is 17.6 Å². The molecule has 0 spiro atoms. The minimum Gasteiger partial charge on any atom is -0.469 e. The zero-order valence-electron chi connectivity index (χ0n) is 8.56. The maximum Gasteiger partial charge on any atom is 0.151 e. The maximum absolute atomic E-state index is 5.44. The van der Waals surface area contributed by atoms with Crippen LogP contribution in [-0.4, -0.2) is 16.7 Å². The van der Waals surface area contributed by atoms with Crippen molar-refractivity contribution in [3.63, 3.8) is 0 Å². The first kappa shape index (κ1) is 10.3. The lowest BCUT2D eigenvalue weighted by Gasteiger charge is -1.89. The van der Waals surface area contributed by atoms with Crippen molar-refractivity contribution in [1.29, 1.82) is 0 Å². The first-order chi connectivity index (χ1) is 7.29. The highest BCUT2D eigenvalue weighted by atomic mass is 32.1. The minimum absolute atomic E-state index is 0.694. The van der Waals surface area contributed by atoms with E-state index in [0.717, 1.165) is 34.2 Å². The third-order valence-electron chi connectivity index (χ3n) is 2.04. The fourth-order valence-corrected chi connectivity index (χ4v) is 2.14. The fourth-order valence-electron chi connectivity index (χ4n) is 1.28. The van der Waals surface area contributed by atoms with E-state index in [9.17, 15) is 0 Å². The van der Waals surface area contributed by atoms with Gasteiger partial charge in [0, 0.05) is 6.42 Å². The molecule has 0 aliphatic carbocycles. The molecule has 4 nitrogen and oxygen atoms in total. The second-order valence-electron chi connectivity index (χ2n) is 3.34. The van der Waals surface area contributed by atoms with Crippen molar-refractivity contribution in [2.24, 2.45) is 5.73 Å². The van der Waals surface area contributed by atoms with Crippen LogP contribution in [0.15, 0.2) is 16.7 Å². The Morgan fingerprint density at radius 1 is 1.47 bits per heavy atom. The molecule has 0 atom stereocenters. The predicted octanol–water partition coefficient (Wildman–Crippen LogP) is 2.00. The first-order valence-corrected chi connectivity index (χ1v) is 5.69. The Labute approximate surface area is 92.1 Å². The molecule has 0 aromatic carbocycles. The van der Waals surface area contributed by atoms with Crippen LogP contribution in [0.25, 0.3) is 10.6 Å². The quantitative estimate of drug-likeness (QED) is 0.861. The monoisotopic (exact) mass is 223 g/mol. The van der Waals surface area contributed by atoms with Crippen molar-refractivity contribution >= 4 is 11.3 Å². The Morgan fingerprint density at radius 3 is 3.00 bits per heavy atom. The molecule has 5 heteroatoms. The summed E-state index contributed by atoms with van der Waals surface area (Å²) in [5.41, 5.74) is 6.44. The lowest BCUT2D eigenvalue weighted by Crippen LogP contribution is -1.99. The van der Waals surface area contributed by atoms with Crippen molar-refractivity contribution < 1.29 is 4.42 Å². The molecule has 15 heavy (non-hydrogen) atoms. The largest absolute Gasteiger partial charge is 0.469 e. The van der Waals surface area contributed by atoms with Crippen LogP contribution in [0.2, 0.25) is 0 Å². The number of hydrogen-bond acceptors (Lipinski definition) is 5. The molecule has 0 unspecified atom stereocenters. The maximum atomic E-state index is 5.44. The molecule has 2 aromatic heterocycles. The van der Waals surface area contributed by atoms with Crippen LogP contribution in [-0.2, 0) is 6.42 Å². The zero-order valence-corrected chi connectivity index (χ0v) is 9.38. The summed E-state index contributed by atoms with van der Waals surface area (Å²) in [6.07, 6.45) is 3.58. The van der Waals surface area contributed by atoms with Gasteiger partial charge in [0.05, 0.1) is 5.56 Å². The Bertz CT molecular complexity index is 435. The van der Waals surface area contributed by atoms with Crippen LogP contribution in [0.3, 0.4) is 0 Å². The lowest BCUT2D eigenvalue weighted by molar-refractivity contribution is 0.535. The summed E-state index contributed by atoms with van der Waals surface area (Å²) in [6.45, 7) is 2.61. The van der Waals surface area contributed by atoms with Crippen LogP contribution < -0.4 is 5.73 Å². The van der Waals surface area contributed by atoms with Gasteiger partial charge in [-0.2, -0.15) is 0 Å². The standard InChI is InChI=1S/C10H13N3OS/c1-7-5-8(6-14-7)10-13-12-9(15-10)3-2-4-11/h5-6H,2-4,11H2,1H3. The van der Waals surface area contributed by atoms with Crippen molar-refractivity contribution in [3.8, 4) is 10.6 Å². The van der Waals surface area contributed by atoms with E-state index in [2.05, 4.69) is 10.2 Å². The molecule has 0 fully saturated rings. The van der Waals surface area contributed by atoms with E-state index >= 15 is 0 Å². The Hall–Kier alpha value is -1.20. The third kappa shape index (κ3) is 2.43. The number of aromatic nitrogens is 2. The second kappa shape index (κ2) is 4.55. The van der Waals surface area contributed by atoms with Crippen LogP contribution in [0.5, 0.6) is 0 Å². The minimum atomic E-state index is 0.694. The van der Waals surface area contributed by atoms with Gasteiger partial charge in [-0.25, -0.2) is 0 Å². The summed E-state index contributed by atoms with van der Waals surface area (Å²) >= 11 is 1.60. The Balaban J connectivity index is 2.13. The smallest absolute Gasteiger partial charge is 0.151 e. The Kier molecular flexibility index (Phi) is 3.13. The molecule has 0 aliphatic rings. The van der Waals surface area contributed by atoms with E-state index < -0.39 is 0 Å². The SMILES string of the molecule is Cc1cc(-c2nnc(CCCN)s2)co1. The summed E-state index contributed by atoms with van der Waals surface area (Å²) in [5, 5.41) is 10.2. The molecule has 0 saturated carbocycles. The molecule has 0 radical (unpaired) electrons. The number of furan rings is 1. The van der Waals surface area contributed by atoms with Gasteiger partial charge in [0.25, 0.3) is 0 Å². The number of nitrogens with zero attached hydrogens (tertiary/aromatic N) is 2. The molecule has 0 amide bonds. The van der Waals surface area contributed by atoms with E-state index in [-0.39, 0.29) is 0 Å². The Morgan fingerprint density at radius 2 is 2.33 bits per heavy atom. The molecule has 80 valence electrons. The first-order valence-electron chi connectivity index (χ1n) is 4.87. The van der Waals surface area contributed by atoms with Gasteiger partial charge in [0.1, 0.15) is 17.0 Å². The number of hydrogen-bond donors (Lipinski definition) is 1. The van der Waals surface area contributed by atoms with Crippen LogP contribution in [0, 0.1) is 6.92 Å². The lowest BCUT2D eigenvalue weighted by atomic mass is 10.3. The molecule has 0 saturated heterocycles. The average molecular weight is 223 g/mol. The third-order valence-corrected chi connectivity index (χ3v) is 3.07. The number of aryl methyl sites for hydroxylation is 2. The topological polar surface area (TPSA) is 64.9 Å². The van der Waals surface area contributed by atoms with E-state index in [0.29, 0.717) is 6.54 Å². The van der Waals surface area contributed by atoms with E-state index in [4.69, 9.17) is 10.2 Å². The molecule has 2 N–H and O–H groups in total. The van der Waals surface area contributed by atoms with Gasteiger partial charge in [0.15, 0.2) is 5.01 Å². The van der Waals surface area contributed by atoms with Gasteiger partial charge in [-0.05, 0) is 26.0 Å². The van der Waals surface area contributed by atoms with Crippen molar-refractivity contribution in [2.75, 3.05) is 6.54 Å². The average Bonchev–Trinajstić information content (AvgIpc) is 2.83. The van der Waals surface area contributed by atoms with Gasteiger partial charge < -0.3 is 10.2 Å². The molecule has 0 aliphatic heterocycles. The summed E-state index contributed by atoms with van der Waals surface area (Å²) in [7, 11) is 0. The van der Waals surface area contributed by atoms with Crippen molar-refractivity contribution in [1.82, 2.24) is 10.2 Å². The predicted molar refractivity (Wildman–Crippen MR) is 59.7 cm³/mol. The highest BCUT2D eigenvalue weighted by Crippen LogP contribution is 2.25. The van der Waals surface area contributed by atoms with E-state index in [1.165, 1.54) is 0 Å². The zero-order chi connectivity index (χ0) is 10.7. The second-order valence-corrected chi connectivity index (χ2v) is 4.40.